The minimum absolute atomic E-state index is 0.256. The van der Waals surface area contributed by atoms with Crippen LogP contribution in [0.15, 0.2) is 35.7 Å². The number of nitrogens with zero attached hydrogens (tertiary/aromatic N) is 2. The van der Waals surface area contributed by atoms with Gasteiger partial charge in [0.15, 0.2) is 5.16 Å². The third kappa shape index (κ3) is 4.47. The summed E-state index contributed by atoms with van der Waals surface area (Å²) in [6.45, 7) is 5.36. The summed E-state index contributed by atoms with van der Waals surface area (Å²) in [7, 11) is 1.68. The van der Waals surface area contributed by atoms with Crippen LogP contribution < -0.4 is 10.1 Å². The summed E-state index contributed by atoms with van der Waals surface area (Å²) in [6, 6.07) is 8.49. The summed E-state index contributed by atoms with van der Waals surface area (Å²) in [5, 5.41) is 11.6. The number of aromatic amines is 1. The van der Waals surface area contributed by atoms with Gasteiger partial charge < -0.3 is 10.1 Å². The number of H-pyrrole nitrogens is 1. The van der Waals surface area contributed by atoms with Crippen LogP contribution in [-0.4, -0.2) is 34.1 Å². The second-order valence-electron chi connectivity index (χ2n) is 4.82. The van der Waals surface area contributed by atoms with Gasteiger partial charge in [-0.3, -0.25) is 5.10 Å². The van der Waals surface area contributed by atoms with Crippen LogP contribution in [0.1, 0.15) is 31.9 Å². The third-order valence-corrected chi connectivity index (χ3v) is 4.31. The van der Waals surface area contributed by atoms with E-state index in [4.69, 9.17) is 4.74 Å². The Balaban J connectivity index is 2.11. The summed E-state index contributed by atoms with van der Waals surface area (Å²) in [6.07, 6.45) is 2.64. The van der Waals surface area contributed by atoms with Crippen LogP contribution in [0.3, 0.4) is 0 Å². The van der Waals surface area contributed by atoms with Gasteiger partial charge in [-0.25, -0.2) is 4.98 Å². The number of rotatable bonds is 8. The fourth-order valence-electron chi connectivity index (χ4n) is 2.16. The molecule has 1 aromatic heterocycles. The number of hydrogen-bond donors (Lipinski definition) is 2. The van der Waals surface area contributed by atoms with E-state index in [2.05, 4.69) is 46.5 Å². The molecule has 2 N–H and O–H groups in total. The molecular weight excluding hydrogens is 284 g/mol. The number of aromatic nitrogens is 3. The Morgan fingerprint density at radius 3 is 2.67 bits per heavy atom. The molecule has 21 heavy (non-hydrogen) atoms. The summed E-state index contributed by atoms with van der Waals surface area (Å²) in [4.78, 5) is 4.19. The number of nitrogens with one attached hydrogen (secondary N) is 2. The van der Waals surface area contributed by atoms with Gasteiger partial charge in [-0.1, -0.05) is 37.7 Å². The minimum atomic E-state index is 0.256. The molecule has 2 rings (SSSR count). The van der Waals surface area contributed by atoms with Gasteiger partial charge in [0, 0.05) is 11.3 Å². The fourth-order valence-corrected chi connectivity index (χ4v) is 3.12. The predicted octanol–water partition coefficient (Wildman–Crippen LogP) is 3.03. The molecule has 1 heterocycles. The van der Waals surface area contributed by atoms with E-state index in [1.165, 1.54) is 11.9 Å². The molecule has 0 spiro atoms. The number of benzene rings is 1. The van der Waals surface area contributed by atoms with Gasteiger partial charge in [-0.2, -0.15) is 5.10 Å². The average molecular weight is 306 g/mol. The van der Waals surface area contributed by atoms with Crippen LogP contribution in [0.2, 0.25) is 0 Å². The van der Waals surface area contributed by atoms with Crippen molar-refractivity contribution in [3.8, 4) is 5.75 Å². The lowest BCUT2D eigenvalue weighted by Gasteiger charge is -2.24. The van der Waals surface area contributed by atoms with Gasteiger partial charge in [-0.15, -0.1) is 0 Å². The lowest BCUT2D eigenvalue weighted by molar-refractivity contribution is 0.414. The number of thioether (sulfide) groups is 1. The van der Waals surface area contributed by atoms with Gasteiger partial charge >= 0.3 is 0 Å². The molecule has 0 amide bonds. The lowest BCUT2D eigenvalue weighted by atomic mass is 10.0. The highest BCUT2D eigenvalue weighted by atomic mass is 32.2. The molecule has 0 saturated carbocycles. The molecule has 0 aliphatic carbocycles. The van der Waals surface area contributed by atoms with Gasteiger partial charge in [0.1, 0.15) is 12.1 Å². The molecule has 6 heteroatoms. The summed E-state index contributed by atoms with van der Waals surface area (Å²) in [5.41, 5.74) is 1.25. The van der Waals surface area contributed by atoms with Crippen molar-refractivity contribution in [3.63, 3.8) is 0 Å². The fraction of sp³-hybridized carbons (Fsp3) is 0.467. The Bertz CT molecular complexity index is 515. The molecule has 0 bridgehead atoms. The predicted molar refractivity (Wildman–Crippen MR) is 85.7 cm³/mol. The number of hydrogen-bond acceptors (Lipinski definition) is 5. The third-order valence-electron chi connectivity index (χ3n) is 3.25. The molecule has 2 unspecified atom stereocenters. The molecule has 114 valence electrons. The molecule has 0 saturated heterocycles. The summed E-state index contributed by atoms with van der Waals surface area (Å²) in [5.74, 6) is 0.878. The SMILES string of the molecule is CCCNC(c1ccc(OC)cc1)C(C)Sc1ncn[nH]1. The van der Waals surface area contributed by atoms with Crippen LogP contribution in [0.25, 0.3) is 0 Å². The van der Waals surface area contributed by atoms with Crippen LogP contribution >= 0.6 is 11.8 Å². The zero-order valence-corrected chi connectivity index (χ0v) is 13.5. The maximum absolute atomic E-state index is 5.23. The minimum Gasteiger partial charge on any atom is -0.497 e. The zero-order valence-electron chi connectivity index (χ0n) is 12.7. The van der Waals surface area contributed by atoms with Crippen molar-refractivity contribution in [2.45, 2.75) is 36.7 Å². The summed E-state index contributed by atoms with van der Waals surface area (Å²) >= 11 is 1.69. The first-order valence-electron chi connectivity index (χ1n) is 7.14. The van der Waals surface area contributed by atoms with Gasteiger partial charge in [0.25, 0.3) is 0 Å². The van der Waals surface area contributed by atoms with E-state index >= 15 is 0 Å². The maximum atomic E-state index is 5.23. The van der Waals surface area contributed by atoms with E-state index in [1.54, 1.807) is 18.9 Å². The highest BCUT2D eigenvalue weighted by Crippen LogP contribution is 2.30. The van der Waals surface area contributed by atoms with Gasteiger partial charge in [0.2, 0.25) is 0 Å². The first kappa shape index (κ1) is 15.9. The first-order chi connectivity index (χ1) is 10.2. The molecule has 0 fully saturated rings. The normalized spacial score (nSPS) is 13.9. The average Bonchev–Trinajstić information content (AvgIpc) is 3.01. The van der Waals surface area contributed by atoms with Crippen molar-refractivity contribution in [1.29, 1.82) is 0 Å². The Hall–Kier alpha value is -1.53. The van der Waals surface area contributed by atoms with Crippen molar-refractivity contribution in [2.75, 3.05) is 13.7 Å². The molecule has 0 radical (unpaired) electrons. The quantitative estimate of drug-likeness (QED) is 0.734. The summed E-state index contributed by atoms with van der Waals surface area (Å²) < 4.78 is 5.23. The zero-order chi connectivity index (χ0) is 15.1. The lowest BCUT2D eigenvalue weighted by Crippen LogP contribution is -2.29. The van der Waals surface area contributed by atoms with E-state index in [-0.39, 0.29) is 6.04 Å². The highest BCUT2D eigenvalue weighted by Gasteiger charge is 2.20. The van der Waals surface area contributed by atoms with Crippen molar-refractivity contribution in [1.82, 2.24) is 20.5 Å². The monoisotopic (exact) mass is 306 g/mol. The maximum Gasteiger partial charge on any atom is 0.183 e. The molecular formula is C15H22N4OS. The van der Waals surface area contributed by atoms with Crippen molar-refractivity contribution >= 4 is 11.8 Å². The van der Waals surface area contributed by atoms with E-state index < -0.39 is 0 Å². The first-order valence-corrected chi connectivity index (χ1v) is 8.02. The second kappa shape index (κ2) is 8.05. The van der Waals surface area contributed by atoms with E-state index in [0.29, 0.717) is 5.25 Å². The standard InChI is InChI=1S/C15H22N4OS/c1-4-9-16-14(11(2)21-15-17-10-18-19-15)12-5-7-13(20-3)8-6-12/h5-8,10-11,14,16H,4,9H2,1-3H3,(H,17,18,19). The van der Waals surface area contributed by atoms with E-state index in [9.17, 15) is 0 Å². The Morgan fingerprint density at radius 2 is 2.10 bits per heavy atom. The molecule has 0 aliphatic heterocycles. The van der Waals surface area contributed by atoms with E-state index in [1.807, 2.05) is 12.1 Å². The largest absolute Gasteiger partial charge is 0.497 e. The van der Waals surface area contributed by atoms with Crippen LogP contribution in [0.5, 0.6) is 5.75 Å². The van der Waals surface area contributed by atoms with Crippen LogP contribution in [0, 0.1) is 0 Å². The van der Waals surface area contributed by atoms with Crippen LogP contribution in [0.4, 0.5) is 0 Å². The van der Waals surface area contributed by atoms with E-state index in [0.717, 1.165) is 23.9 Å². The molecule has 1 aromatic carbocycles. The highest BCUT2D eigenvalue weighted by molar-refractivity contribution is 7.99. The molecule has 5 nitrogen and oxygen atoms in total. The van der Waals surface area contributed by atoms with Gasteiger partial charge in [0.05, 0.1) is 7.11 Å². The van der Waals surface area contributed by atoms with Crippen molar-refractivity contribution in [2.24, 2.45) is 0 Å². The molecule has 0 aliphatic rings. The molecule has 2 aromatic rings. The second-order valence-corrected chi connectivity index (χ2v) is 6.18. The van der Waals surface area contributed by atoms with Crippen LogP contribution in [-0.2, 0) is 0 Å². The number of ether oxygens (including phenoxy) is 1. The topological polar surface area (TPSA) is 62.8 Å². The van der Waals surface area contributed by atoms with Crippen molar-refractivity contribution < 1.29 is 4.74 Å². The Kier molecular flexibility index (Phi) is 6.07. The Morgan fingerprint density at radius 1 is 1.33 bits per heavy atom. The number of methoxy groups -OCH3 is 1. The van der Waals surface area contributed by atoms with Gasteiger partial charge in [-0.05, 0) is 30.7 Å². The smallest absolute Gasteiger partial charge is 0.183 e. The molecule has 2 atom stereocenters. The van der Waals surface area contributed by atoms with Crippen molar-refractivity contribution in [3.05, 3.63) is 36.2 Å². The Labute approximate surface area is 129 Å².